The van der Waals surface area contributed by atoms with Gasteiger partial charge in [0.1, 0.15) is 5.82 Å². The minimum absolute atomic E-state index is 0.218. The molecule has 5 nitrogen and oxygen atoms in total. The molecule has 34 heavy (non-hydrogen) atoms. The lowest BCUT2D eigenvalue weighted by Crippen LogP contribution is -2.03. The summed E-state index contributed by atoms with van der Waals surface area (Å²) in [6, 6.07) is 21.0. The maximum absolute atomic E-state index is 13.3. The number of fused-ring (bicyclic) bond motifs is 1. The molecule has 4 aromatic rings. The van der Waals surface area contributed by atoms with Crippen LogP contribution in [0.25, 0.3) is 33.9 Å². The van der Waals surface area contributed by atoms with Crippen LogP contribution in [0.3, 0.4) is 0 Å². The van der Waals surface area contributed by atoms with E-state index in [9.17, 15) is 17.6 Å². The number of carbonyl (C=O) groups excluding carboxylic acids is 1. The first-order valence-corrected chi connectivity index (χ1v) is 12.5. The molecule has 7 heteroatoms. The van der Waals surface area contributed by atoms with E-state index in [0.717, 1.165) is 16.7 Å². The molecule has 0 fully saturated rings. The molecule has 3 aromatic carbocycles. The van der Waals surface area contributed by atoms with Crippen LogP contribution >= 0.6 is 0 Å². The van der Waals surface area contributed by atoms with E-state index in [1.54, 1.807) is 25.1 Å². The monoisotopic (exact) mass is 472 g/mol. The van der Waals surface area contributed by atoms with Crippen LogP contribution in [0, 0.1) is 12.7 Å². The van der Waals surface area contributed by atoms with Gasteiger partial charge in [0, 0.05) is 34.5 Å². The predicted molar refractivity (Wildman–Crippen MR) is 132 cm³/mol. The van der Waals surface area contributed by atoms with Gasteiger partial charge in [-0.25, -0.2) is 12.8 Å². The summed E-state index contributed by atoms with van der Waals surface area (Å²) in [5.74, 6) is -0.592. The number of rotatable bonds is 4. The SMILES string of the molecule is Cc1[nH]c(C=C2C(=O)Nc3cc(-c4ccc(F)cc4)ccc32)c(-c2ccccc2)c1S(C)(=O)=O. The molecule has 170 valence electrons. The molecule has 0 radical (unpaired) electrons. The van der Waals surface area contributed by atoms with Gasteiger partial charge in [0.25, 0.3) is 5.91 Å². The zero-order valence-corrected chi connectivity index (χ0v) is 19.3. The van der Waals surface area contributed by atoms with Crippen LogP contribution in [-0.4, -0.2) is 25.6 Å². The Morgan fingerprint density at radius 1 is 0.882 bits per heavy atom. The third kappa shape index (κ3) is 3.84. The number of sulfone groups is 1. The van der Waals surface area contributed by atoms with Crippen LogP contribution in [-0.2, 0) is 14.6 Å². The molecule has 0 unspecified atom stereocenters. The number of H-pyrrole nitrogens is 1. The molecule has 5 rings (SSSR count). The first-order chi connectivity index (χ1) is 16.2. The van der Waals surface area contributed by atoms with Crippen LogP contribution in [0.2, 0.25) is 0 Å². The van der Waals surface area contributed by atoms with Crippen molar-refractivity contribution >= 4 is 33.1 Å². The number of anilines is 1. The lowest BCUT2D eigenvalue weighted by atomic mass is 9.99. The van der Waals surface area contributed by atoms with E-state index in [-0.39, 0.29) is 16.6 Å². The molecular formula is C27H21FN2O3S. The van der Waals surface area contributed by atoms with Gasteiger partial charge in [-0.2, -0.15) is 0 Å². The smallest absolute Gasteiger partial charge is 0.256 e. The number of aromatic nitrogens is 1. The second kappa shape index (κ2) is 8.11. The third-order valence-corrected chi connectivity index (χ3v) is 7.11. The van der Waals surface area contributed by atoms with Gasteiger partial charge in [0.05, 0.1) is 10.5 Å². The number of aryl methyl sites for hydroxylation is 1. The van der Waals surface area contributed by atoms with E-state index in [4.69, 9.17) is 0 Å². The summed E-state index contributed by atoms with van der Waals surface area (Å²) in [5.41, 5.74) is 5.80. The summed E-state index contributed by atoms with van der Waals surface area (Å²) in [7, 11) is -3.53. The topological polar surface area (TPSA) is 79.0 Å². The summed E-state index contributed by atoms with van der Waals surface area (Å²) in [6.07, 6.45) is 2.88. The summed E-state index contributed by atoms with van der Waals surface area (Å²) in [6.45, 7) is 1.71. The molecule has 2 heterocycles. The predicted octanol–water partition coefficient (Wildman–Crippen LogP) is 5.69. The Morgan fingerprint density at radius 2 is 1.56 bits per heavy atom. The largest absolute Gasteiger partial charge is 0.357 e. The Balaban J connectivity index is 1.65. The first-order valence-electron chi connectivity index (χ1n) is 10.6. The number of halogens is 1. The summed E-state index contributed by atoms with van der Waals surface area (Å²) >= 11 is 0. The maximum atomic E-state index is 13.3. The standard InChI is InChI=1S/C27H21FN2O3S/c1-16-26(34(2,32)33)25(18-6-4-3-5-7-18)24(29-16)15-22-21-13-10-19(14-23(21)30-27(22)31)17-8-11-20(28)12-9-17/h3-15,29H,1-2H3,(H,30,31). The molecule has 0 saturated heterocycles. The molecule has 0 saturated carbocycles. The Labute approximate surface area is 196 Å². The van der Waals surface area contributed by atoms with E-state index in [2.05, 4.69) is 10.3 Å². The second-order valence-corrected chi connectivity index (χ2v) is 10.2. The van der Waals surface area contributed by atoms with Crippen LogP contribution in [0.5, 0.6) is 0 Å². The lowest BCUT2D eigenvalue weighted by Gasteiger charge is -2.07. The highest BCUT2D eigenvalue weighted by atomic mass is 32.2. The molecule has 0 spiro atoms. The van der Waals surface area contributed by atoms with Gasteiger partial charge in [-0.1, -0.05) is 54.6 Å². The molecule has 0 atom stereocenters. The van der Waals surface area contributed by atoms with Crippen LogP contribution in [0.1, 0.15) is 17.0 Å². The Morgan fingerprint density at radius 3 is 2.24 bits per heavy atom. The van der Waals surface area contributed by atoms with Crippen LogP contribution < -0.4 is 5.32 Å². The molecule has 1 aliphatic heterocycles. The number of carbonyl (C=O) groups is 1. The van der Waals surface area contributed by atoms with Crippen molar-refractivity contribution in [1.29, 1.82) is 0 Å². The fourth-order valence-corrected chi connectivity index (χ4v) is 5.60. The van der Waals surface area contributed by atoms with Crippen LogP contribution in [0.15, 0.2) is 77.7 Å². The Bertz CT molecular complexity index is 1570. The number of hydrogen-bond acceptors (Lipinski definition) is 3. The number of aromatic amines is 1. The zero-order valence-electron chi connectivity index (χ0n) is 18.5. The van der Waals surface area contributed by atoms with Crippen molar-refractivity contribution < 1.29 is 17.6 Å². The Hall–Kier alpha value is -3.97. The fraction of sp³-hybridized carbons (Fsp3) is 0.0741. The molecule has 0 bridgehead atoms. The van der Waals surface area contributed by atoms with Crippen molar-refractivity contribution in [2.24, 2.45) is 0 Å². The molecule has 1 aromatic heterocycles. The molecule has 1 aliphatic rings. The Kier molecular flexibility index (Phi) is 5.21. The van der Waals surface area contributed by atoms with Crippen molar-refractivity contribution in [2.45, 2.75) is 11.8 Å². The molecular weight excluding hydrogens is 451 g/mol. The lowest BCUT2D eigenvalue weighted by molar-refractivity contribution is -0.110. The van der Waals surface area contributed by atoms with Crippen molar-refractivity contribution in [1.82, 2.24) is 4.98 Å². The molecule has 1 amide bonds. The highest BCUT2D eigenvalue weighted by molar-refractivity contribution is 7.91. The number of benzene rings is 3. The average molecular weight is 473 g/mol. The summed E-state index contributed by atoms with van der Waals surface area (Å²) in [5, 5.41) is 2.89. The van der Waals surface area contributed by atoms with Crippen LogP contribution in [0.4, 0.5) is 10.1 Å². The van der Waals surface area contributed by atoms with E-state index in [1.165, 1.54) is 18.4 Å². The van der Waals surface area contributed by atoms with Gasteiger partial charge in [0.2, 0.25) is 0 Å². The summed E-state index contributed by atoms with van der Waals surface area (Å²) < 4.78 is 38.5. The average Bonchev–Trinajstić information content (AvgIpc) is 3.30. The zero-order chi connectivity index (χ0) is 24.0. The summed E-state index contributed by atoms with van der Waals surface area (Å²) in [4.78, 5) is 16.3. The highest BCUT2D eigenvalue weighted by Gasteiger charge is 2.28. The molecule has 2 N–H and O–H groups in total. The van der Waals surface area contributed by atoms with Gasteiger partial charge >= 0.3 is 0 Å². The number of nitrogens with one attached hydrogen (secondary N) is 2. The molecule has 0 aliphatic carbocycles. The highest BCUT2D eigenvalue weighted by Crippen LogP contribution is 2.39. The van der Waals surface area contributed by atoms with E-state index < -0.39 is 9.84 Å². The van der Waals surface area contributed by atoms with Crippen molar-refractivity contribution in [3.63, 3.8) is 0 Å². The van der Waals surface area contributed by atoms with Gasteiger partial charge in [0.15, 0.2) is 9.84 Å². The minimum atomic E-state index is -3.53. The number of amides is 1. The number of hydrogen-bond donors (Lipinski definition) is 2. The normalized spacial score (nSPS) is 14.3. The van der Waals surface area contributed by atoms with E-state index in [1.807, 2.05) is 48.5 Å². The second-order valence-electron chi connectivity index (χ2n) is 8.29. The van der Waals surface area contributed by atoms with Crippen molar-refractivity contribution in [3.8, 4) is 22.3 Å². The first kappa shape index (κ1) is 21.9. The van der Waals surface area contributed by atoms with Crippen molar-refractivity contribution in [2.75, 3.05) is 11.6 Å². The van der Waals surface area contributed by atoms with Gasteiger partial charge < -0.3 is 10.3 Å². The van der Waals surface area contributed by atoms with Gasteiger partial charge in [-0.15, -0.1) is 0 Å². The van der Waals surface area contributed by atoms with Crippen molar-refractivity contribution in [3.05, 3.63) is 95.6 Å². The quantitative estimate of drug-likeness (QED) is 0.375. The van der Waals surface area contributed by atoms with E-state index in [0.29, 0.717) is 33.8 Å². The van der Waals surface area contributed by atoms with Gasteiger partial charge in [-0.3, -0.25) is 4.79 Å². The van der Waals surface area contributed by atoms with E-state index >= 15 is 0 Å². The van der Waals surface area contributed by atoms with Gasteiger partial charge in [-0.05, 0) is 47.9 Å². The maximum Gasteiger partial charge on any atom is 0.256 e. The fourth-order valence-electron chi connectivity index (χ4n) is 4.40. The minimum Gasteiger partial charge on any atom is -0.357 e. The third-order valence-electron chi connectivity index (χ3n) is 5.86.